The average molecular weight is 979 g/mol. The van der Waals surface area contributed by atoms with E-state index >= 15 is 0 Å². The van der Waals surface area contributed by atoms with Crippen LogP contribution < -0.4 is 0 Å². The Morgan fingerprint density at radius 3 is 1.33 bits per heavy atom. The highest BCUT2D eigenvalue weighted by Crippen LogP contribution is 2.37. The third-order valence-electron chi connectivity index (χ3n) is 12.4. The molecule has 3 saturated heterocycles. The van der Waals surface area contributed by atoms with Crippen molar-refractivity contribution in [3.05, 3.63) is 215 Å². The van der Waals surface area contributed by atoms with E-state index in [1.165, 1.54) is 0 Å². The molecule has 3 heterocycles. The predicted molar refractivity (Wildman–Crippen MR) is 260 cm³/mol. The monoisotopic (exact) mass is 978 g/mol. The average Bonchev–Trinajstić information content (AvgIpc) is 3.44. The van der Waals surface area contributed by atoms with E-state index in [1.807, 2.05) is 152 Å². The Morgan fingerprint density at radius 1 is 0.417 bits per heavy atom. The number of hydrogen-bond donors (Lipinski definition) is 0. The second-order valence-electron chi connectivity index (χ2n) is 17.7. The largest absolute Gasteiger partial charge is 0.455 e. The Morgan fingerprint density at radius 2 is 0.833 bits per heavy atom. The van der Waals surface area contributed by atoms with Crippen molar-refractivity contribution < 1.29 is 66.5 Å². The maximum Gasteiger partial charge on any atom is 0.338 e. The Kier molecular flexibility index (Phi) is 18.0. The van der Waals surface area contributed by atoms with E-state index in [0.29, 0.717) is 0 Å². The topological polar surface area (TPSA) is 153 Å². The Balaban J connectivity index is 1.11. The summed E-state index contributed by atoms with van der Waals surface area (Å²) >= 11 is 0. The molecule has 72 heavy (non-hydrogen) atoms. The van der Waals surface area contributed by atoms with Gasteiger partial charge >= 0.3 is 17.9 Å². The van der Waals surface area contributed by atoms with E-state index < -0.39 is 79.3 Å². The van der Waals surface area contributed by atoms with Crippen LogP contribution in [0.5, 0.6) is 0 Å². The first-order valence-electron chi connectivity index (χ1n) is 24.2. The third-order valence-corrected chi connectivity index (χ3v) is 12.4. The van der Waals surface area contributed by atoms with Gasteiger partial charge in [0, 0.05) is 0 Å². The number of carbonyl (C=O) groups is 3. The van der Waals surface area contributed by atoms with Gasteiger partial charge in [-0.2, -0.15) is 0 Å². The van der Waals surface area contributed by atoms with E-state index in [0.717, 1.165) is 27.8 Å². The molecule has 374 valence electrons. The minimum Gasteiger partial charge on any atom is -0.455 e. The van der Waals surface area contributed by atoms with Crippen LogP contribution in [0.3, 0.4) is 0 Å². The molecule has 0 spiro atoms. The molecule has 9 rings (SSSR count). The summed E-state index contributed by atoms with van der Waals surface area (Å²) in [6.45, 7) is 0.615. The van der Waals surface area contributed by atoms with Gasteiger partial charge in [0.05, 0.1) is 64.7 Å². The number of rotatable bonds is 19. The van der Waals surface area contributed by atoms with Crippen molar-refractivity contribution in [3.8, 4) is 0 Å². The van der Waals surface area contributed by atoms with Crippen molar-refractivity contribution in [2.24, 2.45) is 0 Å². The van der Waals surface area contributed by atoms with Crippen molar-refractivity contribution in [2.45, 2.75) is 107 Å². The highest BCUT2D eigenvalue weighted by molar-refractivity contribution is 5.89. The van der Waals surface area contributed by atoms with Gasteiger partial charge in [0.25, 0.3) is 0 Å². The summed E-state index contributed by atoms with van der Waals surface area (Å²) in [4.78, 5) is 42.2. The number of esters is 3. The lowest BCUT2D eigenvalue weighted by Crippen LogP contribution is -2.67. The fourth-order valence-electron chi connectivity index (χ4n) is 8.78. The van der Waals surface area contributed by atoms with Crippen molar-refractivity contribution in [3.63, 3.8) is 0 Å². The molecule has 10 atom stereocenters. The van der Waals surface area contributed by atoms with Gasteiger partial charge in [-0.15, -0.1) is 0 Å². The standard InChI is InChI=1S/C58H58O14/c59-48-31-32-49(60)70-54-52(65-36-43-25-13-4-14-26-43)50(64-35-42-23-11-3-12-24-42)46(38-62-33-40-19-7-1-8-20-40)68-58(54)72-51-47(39-63-34-41-21-9-2-10-22-41)67-57(66-37-44-27-15-5-16-28-44)55(53(51)69-48)71-56(61)45-29-17-6-18-30-45/h1-30,46-47,50-55,57-58H,31-39H2/t46-,47-,50-,51-,52+,53+,54-,55-,57+,58-/m1/s1. The Hall–Kier alpha value is -6.59. The predicted octanol–water partition coefficient (Wildman–Crippen LogP) is 8.49. The SMILES string of the molecule is O=C1CCC(=O)O[C@H]2[C@@H](O[C@H]3[C@H](O1)[C@@H](OC(=O)c1ccccc1)[C@@H](OCc1ccccc1)O[C@@H]3COCc1ccccc1)O[C@H](COCc1ccccc1)[C@@H](OCc1ccccc1)[C@@H]2OCc1ccccc1. The van der Waals surface area contributed by atoms with E-state index in [4.69, 9.17) is 52.1 Å². The van der Waals surface area contributed by atoms with Crippen LogP contribution in [-0.2, 0) is 94.7 Å². The summed E-state index contributed by atoms with van der Waals surface area (Å²) in [6.07, 6.45) is -12.8. The normalized spacial score (nSPS) is 25.4. The van der Waals surface area contributed by atoms with Crippen molar-refractivity contribution in [2.75, 3.05) is 13.2 Å². The molecular formula is C58H58O14. The molecule has 0 radical (unpaired) electrons. The maximum absolute atomic E-state index is 14.1. The summed E-state index contributed by atoms with van der Waals surface area (Å²) in [5.41, 5.74) is 4.62. The molecule has 0 aromatic heterocycles. The molecule has 6 aromatic rings. The molecule has 0 bridgehead atoms. The smallest absolute Gasteiger partial charge is 0.338 e. The van der Waals surface area contributed by atoms with Gasteiger partial charge in [-0.3, -0.25) is 9.59 Å². The van der Waals surface area contributed by atoms with Crippen molar-refractivity contribution in [1.29, 1.82) is 0 Å². The van der Waals surface area contributed by atoms with E-state index in [2.05, 4.69) is 0 Å². The highest BCUT2D eigenvalue weighted by Gasteiger charge is 2.57. The molecule has 6 aromatic carbocycles. The van der Waals surface area contributed by atoms with Crippen LogP contribution >= 0.6 is 0 Å². The van der Waals surface area contributed by atoms with Crippen LogP contribution in [0, 0.1) is 0 Å². The van der Waals surface area contributed by atoms with Crippen LogP contribution in [0.15, 0.2) is 182 Å². The molecule has 14 nitrogen and oxygen atoms in total. The highest BCUT2D eigenvalue weighted by atomic mass is 16.8. The van der Waals surface area contributed by atoms with E-state index in [-0.39, 0.29) is 64.7 Å². The minimum atomic E-state index is -1.44. The zero-order chi connectivity index (χ0) is 49.3. The van der Waals surface area contributed by atoms with Crippen LogP contribution in [0.1, 0.15) is 51.0 Å². The zero-order valence-corrected chi connectivity index (χ0v) is 39.7. The Bertz CT molecular complexity index is 2570. The molecule has 0 amide bonds. The summed E-state index contributed by atoms with van der Waals surface area (Å²) in [5.74, 6) is -2.24. The van der Waals surface area contributed by atoms with Gasteiger partial charge in [-0.1, -0.05) is 170 Å². The van der Waals surface area contributed by atoms with E-state index in [9.17, 15) is 14.4 Å². The Labute approximate surface area is 418 Å². The second kappa shape index (κ2) is 25.7. The van der Waals surface area contributed by atoms with Gasteiger partial charge < -0.3 is 52.1 Å². The summed E-state index contributed by atoms with van der Waals surface area (Å²) in [6, 6.07) is 56.4. The molecule has 0 N–H and O–H groups in total. The molecule has 3 fully saturated rings. The molecule has 3 aliphatic rings. The van der Waals surface area contributed by atoms with E-state index in [1.54, 1.807) is 30.3 Å². The number of hydrogen-bond acceptors (Lipinski definition) is 14. The lowest BCUT2D eigenvalue weighted by Gasteiger charge is -2.49. The van der Waals surface area contributed by atoms with Gasteiger partial charge in [-0.05, 0) is 39.9 Å². The van der Waals surface area contributed by atoms with Gasteiger partial charge in [0.2, 0.25) is 0 Å². The number of ether oxygens (including phenoxy) is 11. The van der Waals surface area contributed by atoms with Gasteiger partial charge in [0.1, 0.15) is 30.5 Å². The van der Waals surface area contributed by atoms with Crippen LogP contribution in [0.4, 0.5) is 0 Å². The number of carbonyl (C=O) groups excluding carboxylic acids is 3. The molecule has 3 aliphatic heterocycles. The first-order chi connectivity index (χ1) is 35.4. The quantitative estimate of drug-likeness (QED) is 0.0563. The molecular weight excluding hydrogens is 921 g/mol. The maximum atomic E-state index is 14.1. The van der Waals surface area contributed by atoms with Crippen LogP contribution in [0.2, 0.25) is 0 Å². The molecule has 0 aliphatic carbocycles. The lowest BCUT2D eigenvalue weighted by atomic mass is 9.95. The summed E-state index contributed by atoms with van der Waals surface area (Å²) in [7, 11) is 0. The zero-order valence-electron chi connectivity index (χ0n) is 39.7. The summed E-state index contributed by atoms with van der Waals surface area (Å²) in [5, 5.41) is 0. The summed E-state index contributed by atoms with van der Waals surface area (Å²) < 4.78 is 72.6. The third kappa shape index (κ3) is 13.9. The molecule has 0 saturated carbocycles. The van der Waals surface area contributed by atoms with Gasteiger partial charge in [-0.25, -0.2) is 4.79 Å². The molecule has 14 heteroatoms. The van der Waals surface area contributed by atoms with Crippen LogP contribution in [0.25, 0.3) is 0 Å². The van der Waals surface area contributed by atoms with Gasteiger partial charge in [0.15, 0.2) is 30.9 Å². The van der Waals surface area contributed by atoms with Crippen LogP contribution in [-0.4, -0.2) is 92.5 Å². The van der Waals surface area contributed by atoms with Crippen molar-refractivity contribution in [1.82, 2.24) is 0 Å². The number of fused-ring (bicyclic) bond motifs is 2. The lowest BCUT2D eigenvalue weighted by molar-refractivity contribution is -0.367. The molecule has 0 unspecified atom stereocenters. The van der Waals surface area contributed by atoms with Crippen molar-refractivity contribution >= 4 is 17.9 Å². The number of benzene rings is 6. The fourth-order valence-corrected chi connectivity index (χ4v) is 8.78. The second-order valence-corrected chi connectivity index (χ2v) is 17.7. The first-order valence-corrected chi connectivity index (χ1v) is 24.2. The first kappa shape index (κ1) is 50.4. The fraction of sp³-hybridized carbons (Fsp3) is 0.328. The minimum absolute atomic E-state index is 0.00398.